The van der Waals surface area contributed by atoms with Gasteiger partial charge in [0.05, 0.1) is 4.90 Å². The highest BCUT2D eigenvalue weighted by atomic mass is 35.5. The zero-order valence-corrected chi connectivity index (χ0v) is 10.8. The summed E-state index contributed by atoms with van der Waals surface area (Å²) in [4.78, 5) is 11.1. The summed E-state index contributed by atoms with van der Waals surface area (Å²) in [7, 11) is -0.671. The number of carbonyl (C=O) groups excluding carboxylic acids is 1. The Bertz CT molecular complexity index is 523. The Morgan fingerprint density at radius 1 is 1.31 bits per heavy atom. The monoisotopic (exact) mass is 261 g/mol. The molecule has 0 aromatic heterocycles. The Kier molecular flexibility index (Phi) is 3.72. The van der Waals surface area contributed by atoms with Crippen molar-refractivity contribution in [2.45, 2.75) is 11.8 Å². The summed E-state index contributed by atoms with van der Waals surface area (Å²) in [5, 5.41) is -0.659. The van der Waals surface area contributed by atoms with Gasteiger partial charge < -0.3 is 0 Å². The van der Waals surface area contributed by atoms with Gasteiger partial charge in [0.2, 0.25) is 10.0 Å². The number of sulfonamides is 1. The van der Waals surface area contributed by atoms with Gasteiger partial charge in [0.1, 0.15) is 0 Å². The van der Waals surface area contributed by atoms with Crippen molar-refractivity contribution in [2.24, 2.45) is 0 Å². The number of benzene rings is 1. The van der Waals surface area contributed by atoms with Crippen LogP contribution in [0.1, 0.15) is 15.9 Å². The van der Waals surface area contributed by atoms with Crippen LogP contribution in [-0.4, -0.2) is 32.1 Å². The molecule has 0 aliphatic rings. The molecule has 0 unspecified atom stereocenters. The van der Waals surface area contributed by atoms with Gasteiger partial charge in [-0.3, -0.25) is 4.79 Å². The predicted octanol–water partition coefficient (Wildman–Crippen LogP) is 1.62. The zero-order chi connectivity index (χ0) is 12.5. The van der Waals surface area contributed by atoms with Crippen molar-refractivity contribution in [1.29, 1.82) is 0 Å². The topological polar surface area (TPSA) is 54.5 Å². The highest BCUT2D eigenvalue weighted by molar-refractivity contribution is 7.89. The average molecular weight is 262 g/mol. The fraction of sp³-hybridized carbons (Fsp3) is 0.300. The first-order valence-electron chi connectivity index (χ1n) is 4.50. The second-order valence-corrected chi connectivity index (χ2v) is 6.03. The molecule has 1 aromatic carbocycles. The van der Waals surface area contributed by atoms with E-state index in [9.17, 15) is 13.2 Å². The Morgan fingerprint density at radius 2 is 1.88 bits per heavy atom. The van der Waals surface area contributed by atoms with Gasteiger partial charge >= 0.3 is 0 Å². The van der Waals surface area contributed by atoms with E-state index in [1.54, 1.807) is 13.0 Å². The molecule has 0 fully saturated rings. The van der Waals surface area contributed by atoms with Crippen molar-refractivity contribution in [3.8, 4) is 0 Å². The van der Waals surface area contributed by atoms with Crippen LogP contribution in [0.2, 0.25) is 0 Å². The Morgan fingerprint density at radius 3 is 2.31 bits per heavy atom. The fourth-order valence-corrected chi connectivity index (χ4v) is 2.32. The molecule has 4 nitrogen and oxygen atoms in total. The molecule has 0 saturated carbocycles. The lowest BCUT2D eigenvalue weighted by Gasteiger charge is -2.12. The third kappa shape index (κ3) is 2.42. The average Bonchev–Trinajstić information content (AvgIpc) is 2.17. The summed E-state index contributed by atoms with van der Waals surface area (Å²) in [5.74, 6) is 0. The van der Waals surface area contributed by atoms with Crippen molar-refractivity contribution in [3.05, 3.63) is 29.3 Å². The lowest BCUT2D eigenvalue weighted by molar-refractivity contribution is 0.108. The second kappa shape index (κ2) is 4.53. The molecular formula is C10H12ClNO3S. The lowest BCUT2D eigenvalue weighted by atomic mass is 10.1. The summed E-state index contributed by atoms with van der Waals surface area (Å²) in [6, 6.07) is 4.31. The Hall–Kier alpha value is -0.910. The number of hydrogen-bond donors (Lipinski definition) is 0. The van der Waals surface area contributed by atoms with E-state index in [4.69, 9.17) is 11.6 Å². The highest BCUT2D eigenvalue weighted by Crippen LogP contribution is 2.19. The van der Waals surface area contributed by atoms with Crippen molar-refractivity contribution in [2.75, 3.05) is 14.1 Å². The molecule has 0 amide bonds. The molecule has 0 heterocycles. The first kappa shape index (κ1) is 13.2. The molecule has 88 valence electrons. The van der Waals surface area contributed by atoms with Gasteiger partial charge in [-0.1, -0.05) is 6.07 Å². The lowest BCUT2D eigenvalue weighted by Crippen LogP contribution is -2.22. The normalized spacial score (nSPS) is 11.8. The number of rotatable bonds is 3. The number of halogens is 1. The molecule has 0 saturated heterocycles. The number of aryl methyl sites for hydroxylation is 1. The maximum atomic E-state index is 11.8. The van der Waals surface area contributed by atoms with E-state index in [0.717, 1.165) is 4.31 Å². The van der Waals surface area contributed by atoms with E-state index < -0.39 is 15.3 Å². The molecular weight excluding hydrogens is 250 g/mol. The number of hydrogen-bond acceptors (Lipinski definition) is 3. The molecule has 0 spiro atoms. The van der Waals surface area contributed by atoms with Gasteiger partial charge in [0.25, 0.3) is 5.24 Å². The van der Waals surface area contributed by atoms with Gasteiger partial charge in [-0.05, 0) is 36.2 Å². The number of carbonyl (C=O) groups is 1. The molecule has 0 radical (unpaired) electrons. The summed E-state index contributed by atoms with van der Waals surface area (Å²) in [6.07, 6.45) is 0. The molecule has 1 rings (SSSR count). The van der Waals surface area contributed by atoms with E-state index in [0.29, 0.717) is 5.56 Å². The largest absolute Gasteiger partial charge is 0.276 e. The smallest absolute Gasteiger partial charge is 0.252 e. The maximum Gasteiger partial charge on any atom is 0.252 e. The van der Waals surface area contributed by atoms with Crippen molar-refractivity contribution < 1.29 is 13.2 Å². The van der Waals surface area contributed by atoms with Gasteiger partial charge in [0.15, 0.2) is 0 Å². The summed E-state index contributed by atoms with van der Waals surface area (Å²) < 4.78 is 24.7. The van der Waals surface area contributed by atoms with Gasteiger partial charge in [-0.2, -0.15) is 0 Å². The summed E-state index contributed by atoms with van der Waals surface area (Å²) in [5.41, 5.74) is 0.863. The molecule has 6 heteroatoms. The number of nitrogens with zero attached hydrogens (tertiary/aromatic N) is 1. The van der Waals surface area contributed by atoms with E-state index in [-0.39, 0.29) is 10.5 Å². The second-order valence-electron chi connectivity index (χ2n) is 3.54. The standard InChI is InChI=1S/C10H12ClNO3S/c1-7-4-5-8(6-9(7)10(11)13)16(14,15)12(2)3/h4-6H,1-3H3. The fourth-order valence-electron chi connectivity index (χ4n) is 1.18. The van der Waals surface area contributed by atoms with Crippen LogP contribution >= 0.6 is 11.6 Å². The van der Waals surface area contributed by atoms with Crippen LogP contribution in [0.15, 0.2) is 23.1 Å². The molecule has 16 heavy (non-hydrogen) atoms. The van der Waals surface area contributed by atoms with Crippen LogP contribution in [-0.2, 0) is 10.0 Å². The van der Waals surface area contributed by atoms with E-state index in [1.165, 1.54) is 26.2 Å². The Balaban J connectivity index is 3.40. The molecule has 0 aliphatic carbocycles. The van der Waals surface area contributed by atoms with Crippen LogP contribution < -0.4 is 0 Å². The minimum Gasteiger partial charge on any atom is -0.276 e. The quantitative estimate of drug-likeness (QED) is 0.777. The third-order valence-corrected chi connectivity index (χ3v) is 4.21. The van der Waals surface area contributed by atoms with Crippen LogP contribution in [0.25, 0.3) is 0 Å². The van der Waals surface area contributed by atoms with Crippen LogP contribution in [0.3, 0.4) is 0 Å². The van der Waals surface area contributed by atoms with E-state index in [1.807, 2.05) is 0 Å². The van der Waals surface area contributed by atoms with Crippen molar-refractivity contribution in [1.82, 2.24) is 4.31 Å². The summed E-state index contributed by atoms with van der Waals surface area (Å²) >= 11 is 5.36. The van der Waals surface area contributed by atoms with Gasteiger partial charge in [-0.25, -0.2) is 12.7 Å². The molecule has 0 aliphatic heterocycles. The molecule has 0 N–H and O–H groups in total. The minimum atomic E-state index is -3.53. The maximum absolute atomic E-state index is 11.8. The van der Waals surface area contributed by atoms with E-state index >= 15 is 0 Å². The van der Waals surface area contributed by atoms with Gasteiger partial charge in [-0.15, -0.1) is 0 Å². The highest BCUT2D eigenvalue weighted by Gasteiger charge is 2.19. The SMILES string of the molecule is Cc1ccc(S(=O)(=O)N(C)C)cc1C(=O)Cl. The summed E-state index contributed by atoms with van der Waals surface area (Å²) in [6.45, 7) is 1.70. The van der Waals surface area contributed by atoms with Crippen molar-refractivity contribution in [3.63, 3.8) is 0 Å². The van der Waals surface area contributed by atoms with Crippen LogP contribution in [0.5, 0.6) is 0 Å². The predicted molar refractivity (Wildman–Crippen MR) is 62.2 cm³/mol. The van der Waals surface area contributed by atoms with Crippen LogP contribution in [0.4, 0.5) is 0 Å². The Labute approximate surface area is 99.9 Å². The zero-order valence-electron chi connectivity index (χ0n) is 9.19. The van der Waals surface area contributed by atoms with E-state index in [2.05, 4.69) is 0 Å². The third-order valence-electron chi connectivity index (χ3n) is 2.20. The molecule has 1 aromatic rings. The van der Waals surface area contributed by atoms with Crippen molar-refractivity contribution >= 4 is 26.9 Å². The molecule has 0 atom stereocenters. The van der Waals surface area contributed by atoms with Crippen LogP contribution in [0, 0.1) is 6.92 Å². The first-order valence-corrected chi connectivity index (χ1v) is 6.31. The molecule has 0 bridgehead atoms. The first-order chi connectivity index (χ1) is 7.26. The van der Waals surface area contributed by atoms with Gasteiger partial charge in [0, 0.05) is 19.7 Å². The minimum absolute atomic E-state index is 0.0621.